The van der Waals surface area contributed by atoms with Gasteiger partial charge in [-0.3, -0.25) is 4.90 Å². The molecule has 0 aromatic heterocycles. The summed E-state index contributed by atoms with van der Waals surface area (Å²) in [5.41, 5.74) is 0.534. The Labute approximate surface area is 106 Å². The fourth-order valence-corrected chi connectivity index (χ4v) is 2.48. The second-order valence-corrected chi connectivity index (χ2v) is 5.09. The Morgan fingerprint density at radius 1 is 1.33 bits per heavy atom. The first-order valence-electron chi connectivity index (χ1n) is 6.40. The number of nitrogens with zero attached hydrogens (tertiary/aromatic N) is 1. The van der Waals surface area contributed by atoms with Crippen LogP contribution in [0.1, 0.15) is 25.3 Å². The van der Waals surface area contributed by atoms with Gasteiger partial charge in [0.2, 0.25) is 0 Å². The predicted octanol–water partition coefficient (Wildman–Crippen LogP) is 2.56. The molecule has 0 amide bonds. The zero-order valence-electron chi connectivity index (χ0n) is 10.6. The summed E-state index contributed by atoms with van der Waals surface area (Å²) < 4.78 is 26.3. The predicted molar refractivity (Wildman–Crippen MR) is 66.0 cm³/mol. The molecule has 0 aliphatic carbocycles. The molecule has 1 unspecified atom stereocenters. The molecule has 1 aliphatic rings. The second kappa shape index (κ2) is 5.76. The van der Waals surface area contributed by atoms with Crippen LogP contribution in [0.2, 0.25) is 0 Å². The van der Waals surface area contributed by atoms with Crippen molar-refractivity contribution in [2.24, 2.45) is 5.92 Å². The van der Waals surface area contributed by atoms with Crippen LogP contribution in [-0.4, -0.2) is 29.2 Å². The SMILES string of the molecule is CC(O)C1CCN(Cc2ccc(F)cc2F)CC1. The number of likely N-dealkylation sites (tertiary alicyclic amines) is 1. The fourth-order valence-electron chi connectivity index (χ4n) is 2.48. The smallest absolute Gasteiger partial charge is 0.130 e. The lowest BCUT2D eigenvalue weighted by Crippen LogP contribution is -2.36. The molecule has 1 aromatic rings. The van der Waals surface area contributed by atoms with Crippen LogP contribution in [-0.2, 0) is 6.54 Å². The van der Waals surface area contributed by atoms with Crippen LogP contribution < -0.4 is 0 Å². The van der Waals surface area contributed by atoms with Crippen molar-refractivity contribution in [1.82, 2.24) is 4.90 Å². The van der Waals surface area contributed by atoms with E-state index in [0.29, 0.717) is 18.0 Å². The highest BCUT2D eigenvalue weighted by Crippen LogP contribution is 2.22. The molecule has 1 fully saturated rings. The van der Waals surface area contributed by atoms with Gasteiger partial charge in [0.15, 0.2) is 0 Å². The molecule has 0 bridgehead atoms. The summed E-state index contributed by atoms with van der Waals surface area (Å²) in [6.07, 6.45) is 1.59. The first-order valence-corrected chi connectivity index (χ1v) is 6.40. The summed E-state index contributed by atoms with van der Waals surface area (Å²) in [6, 6.07) is 3.73. The molecule has 0 spiro atoms. The van der Waals surface area contributed by atoms with E-state index in [4.69, 9.17) is 0 Å². The minimum Gasteiger partial charge on any atom is -0.393 e. The van der Waals surface area contributed by atoms with Crippen molar-refractivity contribution in [3.63, 3.8) is 0 Å². The van der Waals surface area contributed by atoms with Crippen molar-refractivity contribution in [2.45, 2.75) is 32.4 Å². The largest absolute Gasteiger partial charge is 0.393 e. The molecular formula is C14H19F2NO. The number of aliphatic hydroxyl groups excluding tert-OH is 1. The van der Waals surface area contributed by atoms with Gasteiger partial charge in [0, 0.05) is 18.2 Å². The Balaban J connectivity index is 1.91. The van der Waals surface area contributed by atoms with E-state index in [1.165, 1.54) is 12.1 Å². The van der Waals surface area contributed by atoms with Gasteiger partial charge < -0.3 is 5.11 Å². The number of aliphatic hydroxyl groups is 1. The maximum absolute atomic E-state index is 13.5. The third-order valence-electron chi connectivity index (χ3n) is 3.72. The van der Waals surface area contributed by atoms with E-state index >= 15 is 0 Å². The van der Waals surface area contributed by atoms with Gasteiger partial charge in [0.1, 0.15) is 11.6 Å². The van der Waals surface area contributed by atoms with Gasteiger partial charge in [-0.15, -0.1) is 0 Å². The first kappa shape index (κ1) is 13.4. The van der Waals surface area contributed by atoms with Crippen molar-refractivity contribution in [1.29, 1.82) is 0 Å². The highest BCUT2D eigenvalue weighted by atomic mass is 19.1. The maximum atomic E-state index is 13.5. The third kappa shape index (κ3) is 3.27. The summed E-state index contributed by atoms with van der Waals surface area (Å²) >= 11 is 0. The summed E-state index contributed by atoms with van der Waals surface area (Å²) in [4.78, 5) is 2.15. The van der Waals surface area contributed by atoms with Gasteiger partial charge in [-0.25, -0.2) is 8.78 Å². The van der Waals surface area contributed by atoms with E-state index in [-0.39, 0.29) is 6.10 Å². The summed E-state index contributed by atoms with van der Waals surface area (Å²) in [7, 11) is 0. The minimum absolute atomic E-state index is 0.269. The molecule has 1 aliphatic heterocycles. The number of hydrogen-bond acceptors (Lipinski definition) is 2. The van der Waals surface area contributed by atoms with E-state index in [1.54, 1.807) is 0 Å². The quantitative estimate of drug-likeness (QED) is 0.897. The molecule has 2 nitrogen and oxygen atoms in total. The van der Waals surface area contributed by atoms with Gasteiger partial charge in [-0.2, -0.15) is 0 Å². The Morgan fingerprint density at radius 3 is 2.56 bits per heavy atom. The summed E-state index contributed by atoms with van der Waals surface area (Å²) in [6.45, 7) is 4.04. The second-order valence-electron chi connectivity index (χ2n) is 5.09. The highest BCUT2D eigenvalue weighted by molar-refractivity contribution is 5.18. The molecule has 1 heterocycles. The van der Waals surface area contributed by atoms with Crippen molar-refractivity contribution in [3.8, 4) is 0 Å². The number of halogens is 2. The Morgan fingerprint density at radius 2 is 2.00 bits per heavy atom. The molecule has 1 aromatic carbocycles. The van der Waals surface area contributed by atoms with Crippen LogP contribution in [0.4, 0.5) is 8.78 Å². The summed E-state index contributed by atoms with van der Waals surface area (Å²) in [5, 5.41) is 9.51. The van der Waals surface area contributed by atoms with E-state index in [9.17, 15) is 13.9 Å². The lowest BCUT2D eigenvalue weighted by Gasteiger charge is -2.33. The molecular weight excluding hydrogens is 236 g/mol. The van der Waals surface area contributed by atoms with Crippen LogP contribution in [0.5, 0.6) is 0 Å². The molecule has 18 heavy (non-hydrogen) atoms. The number of hydrogen-bond donors (Lipinski definition) is 1. The van der Waals surface area contributed by atoms with Crippen molar-refractivity contribution < 1.29 is 13.9 Å². The van der Waals surface area contributed by atoms with Gasteiger partial charge in [0.25, 0.3) is 0 Å². The molecule has 4 heteroatoms. The molecule has 100 valence electrons. The topological polar surface area (TPSA) is 23.5 Å². The molecule has 1 atom stereocenters. The molecule has 0 radical (unpaired) electrons. The normalized spacial score (nSPS) is 20.0. The Kier molecular flexibility index (Phi) is 4.30. The molecule has 1 saturated heterocycles. The van der Waals surface area contributed by atoms with Gasteiger partial charge >= 0.3 is 0 Å². The first-order chi connectivity index (χ1) is 8.56. The third-order valence-corrected chi connectivity index (χ3v) is 3.72. The van der Waals surface area contributed by atoms with E-state index in [1.807, 2.05) is 6.92 Å². The van der Waals surface area contributed by atoms with Crippen LogP contribution in [0, 0.1) is 17.6 Å². The maximum Gasteiger partial charge on any atom is 0.130 e. The number of rotatable bonds is 3. The van der Waals surface area contributed by atoms with Crippen molar-refractivity contribution in [3.05, 3.63) is 35.4 Å². The van der Waals surface area contributed by atoms with Crippen LogP contribution in [0.25, 0.3) is 0 Å². The van der Waals surface area contributed by atoms with Gasteiger partial charge in [-0.1, -0.05) is 6.07 Å². The average molecular weight is 255 g/mol. The number of piperidine rings is 1. The van der Waals surface area contributed by atoms with E-state index < -0.39 is 11.6 Å². The highest BCUT2D eigenvalue weighted by Gasteiger charge is 2.23. The number of benzene rings is 1. The van der Waals surface area contributed by atoms with Crippen LogP contribution >= 0.6 is 0 Å². The van der Waals surface area contributed by atoms with E-state index in [0.717, 1.165) is 32.0 Å². The zero-order valence-corrected chi connectivity index (χ0v) is 10.6. The van der Waals surface area contributed by atoms with Crippen molar-refractivity contribution in [2.75, 3.05) is 13.1 Å². The Bertz CT molecular complexity index is 401. The summed E-state index contributed by atoms with van der Waals surface area (Å²) in [5.74, 6) is -0.670. The van der Waals surface area contributed by atoms with Gasteiger partial charge in [0.05, 0.1) is 6.10 Å². The zero-order chi connectivity index (χ0) is 13.1. The molecule has 0 saturated carbocycles. The van der Waals surface area contributed by atoms with Crippen LogP contribution in [0.3, 0.4) is 0 Å². The fraction of sp³-hybridized carbons (Fsp3) is 0.571. The average Bonchev–Trinajstić information content (AvgIpc) is 2.33. The van der Waals surface area contributed by atoms with Crippen LogP contribution in [0.15, 0.2) is 18.2 Å². The molecule has 2 rings (SSSR count). The minimum atomic E-state index is -0.538. The van der Waals surface area contributed by atoms with Crippen molar-refractivity contribution >= 4 is 0 Å². The Hall–Kier alpha value is -1.00. The molecule has 1 N–H and O–H groups in total. The monoisotopic (exact) mass is 255 g/mol. The lowest BCUT2D eigenvalue weighted by molar-refractivity contribution is 0.0692. The van der Waals surface area contributed by atoms with Gasteiger partial charge in [-0.05, 0) is 44.8 Å². The lowest BCUT2D eigenvalue weighted by atomic mass is 9.92. The standard InChI is InChI=1S/C14H19F2NO/c1-10(18)11-4-6-17(7-5-11)9-12-2-3-13(15)8-14(12)16/h2-3,8,10-11,18H,4-7,9H2,1H3. The van der Waals surface area contributed by atoms with E-state index in [2.05, 4.69) is 4.90 Å².